The Morgan fingerprint density at radius 2 is 1.79 bits per heavy atom. The Labute approximate surface area is 169 Å². The number of hydrogen-bond donors (Lipinski definition) is 2. The van der Waals surface area contributed by atoms with Crippen LogP contribution in [0.4, 0.5) is 5.69 Å². The molecule has 0 aliphatic rings. The largest absolute Gasteiger partial charge is 0.325 e. The molecular weight excluding hydrogens is 390 g/mol. The highest BCUT2D eigenvalue weighted by Crippen LogP contribution is 2.30. The van der Waals surface area contributed by atoms with Crippen LogP contribution in [-0.2, 0) is 10.5 Å². The molecule has 4 aromatic rings. The Bertz CT molecular complexity index is 1150. The number of fused-ring (bicyclic) bond motifs is 1. The molecule has 0 aliphatic heterocycles. The van der Waals surface area contributed by atoms with Crippen molar-refractivity contribution in [3.05, 3.63) is 82.2 Å². The average molecular weight is 408 g/mol. The molecule has 0 fully saturated rings. The van der Waals surface area contributed by atoms with Gasteiger partial charge in [0.05, 0.1) is 16.9 Å². The molecular formula is C21H17N3O2S2. The summed E-state index contributed by atoms with van der Waals surface area (Å²) < 4.78 is 0. The first-order valence-electron chi connectivity index (χ1n) is 8.69. The average Bonchev–Trinajstić information content (AvgIpc) is 3.14. The summed E-state index contributed by atoms with van der Waals surface area (Å²) in [7, 11) is 0. The molecule has 0 atom stereocenters. The summed E-state index contributed by atoms with van der Waals surface area (Å²) in [5.41, 5.74) is 2.53. The van der Waals surface area contributed by atoms with Gasteiger partial charge in [-0.05, 0) is 17.7 Å². The van der Waals surface area contributed by atoms with E-state index in [1.807, 2.05) is 66.0 Å². The number of nitrogens with zero attached hydrogens (tertiary/aromatic N) is 1. The van der Waals surface area contributed by atoms with Crippen LogP contribution in [0.15, 0.2) is 70.8 Å². The number of anilines is 1. The molecule has 0 saturated heterocycles. The summed E-state index contributed by atoms with van der Waals surface area (Å²) in [4.78, 5) is 32.8. The number of nitrogens with one attached hydrogen (secondary N) is 2. The Kier molecular flexibility index (Phi) is 5.55. The number of rotatable bonds is 6. The fourth-order valence-corrected chi connectivity index (χ4v) is 4.51. The summed E-state index contributed by atoms with van der Waals surface area (Å²) in [6, 6.07) is 19.1. The summed E-state index contributed by atoms with van der Waals surface area (Å²) >= 11 is 2.87. The summed E-state index contributed by atoms with van der Waals surface area (Å²) in [5.74, 6) is 1.25. The normalized spacial score (nSPS) is 10.9. The number of benzene rings is 2. The van der Waals surface area contributed by atoms with Crippen molar-refractivity contribution in [2.75, 3.05) is 11.1 Å². The molecule has 1 amide bonds. The first kappa shape index (κ1) is 18.5. The topological polar surface area (TPSA) is 74.8 Å². The smallest absolute Gasteiger partial charge is 0.260 e. The molecule has 2 heterocycles. The lowest BCUT2D eigenvalue weighted by molar-refractivity contribution is -0.113. The van der Waals surface area contributed by atoms with E-state index in [4.69, 9.17) is 0 Å². The molecule has 5 nitrogen and oxygen atoms in total. The maximum Gasteiger partial charge on any atom is 0.260 e. The number of aromatic amines is 1. The SMILES string of the molecule is O=C(CSCc1nc2scc(-c3ccccc3)c2c(=O)[nH]1)Nc1ccccc1. The van der Waals surface area contributed by atoms with Crippen LogP contribution < -0.4 is 10.9 Å². The Morgan fingerprint density at radius 1 is 1.07 bits per heavy atom. The van der Waals surface area contributed by atoms with E-state index < -0.39 is 0 Å². The number of hydrogen-bond acceptors (Lipinski definition) is 5. The van der Waals surface area contributed by atoms with E-state index in [2.05, 4.69) is 15.3 Å². The van der Waals surface area contributed by atoms with Gasteiger partial charge in [-0.2, -0.15) is 0 Å². The van der Waals surface area contributed by atoms with Crippen molar-refractivity contribution < 1.29 is 4.79 Å². The highest BCUT2D eigenvalue weighted by atomic mass is 32.2. The molecule has 28 heavy (non-hydrogen) atoms. The highest BCUT2D eigenvalue weighted by molar-refractivity contribution is 7.99. The van der Waals surface area contributed by atoms with Crippen LogP contribution in [0.5, 0.6) is 0 Å². The predicted octanol–water partition coefficient (Wildman–Crippen LogP) is 4.52. The van der Waals surface area contributed by atoms with Crippen LogP contribution in [0.3, 0.4) is 0 Å². The van der Waals surface area contributed by atoms with Crippen molar-refractivity contribution in [2.24, 2.45) is 0 Å². The molecule has 2 aromatic carbocycles. The molecule has 2 aromatic heterocycles. The van der Waals surface area contributed by atoms with Crippen LogP contribution in [-0.4, -0.2) is 21.6 Å². The zero-order chi connectivity index (χ0) is 19.3. The zero-order valence-electron chi connectivity index (χ0n) is 14.8. The van der Waals surface area contributed by atoms with E-state index in [0.717, 1.165) is 16.8 Å². The number of aromatic nitrogens is 2. The Balaban J connectivity index is 1.44. The van der Waals surface area contributed by atoms with Crippen molar-refractivity contribution in [1.29, 1.82) is 0 Å². The monoisotopic (exact) mass is 407 g/mol. The third-order valence-corrected chi connectivity index (χ3v) is 5.92. The van der Waals surface area contributed by atoms with Crippen molar-refractivity contribution in [1.82, 2.24) is 9.97 Å². The number of thioether (sulfide) groups is 1. The Morgan fingerprint density at radius 3 is 2.54 bits per heavy atom. The van der Waals surface area contributed by atoms with E-state index >= 15 is 0 Å². The minimum absolute atomic E-state index is 0.0814. The quantitative estimate of drug-likeness (QED) is 0.493. The molecule has 140 valence electrons. The van der Waals surface area contributed by atoms with Crippen LogP contribution in [0, 0.1) is 0 Å². The van der Waals surface area contributed by atoms with Gasteiger partial charge in [0.2, 0.25) is 5.91 Å². The lowest BCUT2D eigenvalue weighted by Gasteiger charge is -2.05. The van der Waals surface area contributed by atoms with E-state index in [1.165, 1.54) is 23.1 Å². The Hall–Kier alpha value is -2.90. The van der Waals surface area contributed by atoms with Crippen LogP contribution >= 0.6 is 23.1 Å². The molecule has 0 bridgehead atoms. The van der Waals surface area contributed by atoms with E-state index in [1.54, 1.807) is 0 Å². The molecule has 4 rings (SSSR count). The second-order valence-corrected chi connectivity index (χ2v) is 7.96. The number of carbonyl (C=O) groups excluding carboxylic acids is 1. The second-order valence-electron chi connectivity index (χ2n) is 6.12. The molecule has 0 saturated carbocycles. The minimum atomic E-state index is -0.144. The summed E-state index contributed by atoms with van der Waals surface area (Å²) in [6.45, 7) is 0. The number of thiophene rings is 1. The fourth-order valence-electron chi connectivity index (χ4n) is 2.85. The third-order valence-electron chi connectivity index (χ3n) is 4.11. The summed E-state index contributed by atoms with van der Waals surface area (Å²) in [6.07, 6.45) is 0. The maximum atomic E-state index is 12.6. The molecule has 0 radical (unpaired) electrons. The van der Waals surface area contributed by atoms with E-state index in [9.17, 15) is 9.59 Å². The number of amides is 1. The van der Waals surface area contributed by atoms with E-state index in [0.29, 0.717) is 21.8 Å². The maximum absolute atomic E-state index is 12.6. The molecule has 2 N–H and O–H groups in total. The predicted molar refractivity (Wildman–Crippen MR) is 117 cm³/mol. The van der Waals surface area contributed by atoms with Gasteiger partial charge in [0.25, 0.3) is 5.56 Å². The fraction of sp³-hybridized carbons (Fsp3) is 0.0952. The van der Waals surface area contributed by atoms with Gasteiger partial charge in [0.15, 0.2) is 0 Å². The molecule has 0 aliphatic carbocycles. The molecule has 0 spiro atoms. The van der Waals surface area contributed by atoms with Crippen LogP contribution in [0.1, 0.15) is 5.82 Å². The lowest BCUT2D eigenvalue weighted by Crippen LogP contribution is -2.15. The zero-order valence-corrected chi connectivity index (χ0v) is 16.5. The van der Waals surface area contributed by atoms with E-state index in [-0.39, 0.29) is 17.2 Å². The van der Waals surface area contributed by atoms with Gasteiger partial charge in [0.1, 0.15) is 10.7 Å². The van der Waals surface area contributed by atoms with Gasteiger partial charge in [-0.1, -0.05) is 48.5 Å². The highest BCUT2D eigenvalue weighted by Gasteiger charge is 2.13. The van der Waals surface area contributed by atoms with Gasteiger partial charge in [-0.15, -0.1) is 23.1 Å². The van der Waals surface area contributed by atoms with Gasteiger partial charge in [-0.25, -0.2) is 4.98 Å². The third kappa shape index (κ3) is 4.16. The van der Waals surface area contributed by atoms with Gasteiger partial charge in [0, 0.05) is 16.6 Å². The standard InChI is InChI=1S/C21H17N3O2S2/c25-18(22-15-9-5-2-6-10-15)13-27-12-17-23-20(26)19-16(11-28-21(19)24-17)14-7-3-1-4-8-14/h1-11H,12-13H2,(H,22,25)(H,23,24,26). The van der Waals surface area contributed by atoms with Crippen molar-refractivity contribution >= 4 is 44.9 Å². The molecule has 0 unspecified atom stereocenters. The van der Waals surface area contributed by atoms with Gasteiger partial charge < -0.3 is 10.3 Å². The number of H-pyrrole nitrogens is 1. The van der Waals surface area contributed by atoms with Crippen molar-refractivity contribution in [2.45, 2.75) is 5.75 Å². The second kappa shape index (κ2) is 8.41. The molecule has 7 heteroatoms. The number of carbonyl (C=O) groups is 1. The van der Waals surface area contributed by atoms with Crippen molar-refractivity contribution in [3.63, 3.8) is 0 Å². The van der Waals surface area contributed by atoms with Crippen molar-refractivity contribution in [3.8, 4) is 11.1 Å². The summed E-state index contributed by atoms with van der Waals surface area (Å²) in [5, 5.41) is 5.42. The minimum Gasteiger partial charge on any atom is -0.325 e. The van der Waals surface area contributed by atoms with Gasteiger partial charge in [-0.3, -0.25) is 9.59 Å². The first-order valence-corrected chi connectivity index (χ1v) is 10.7. The number of para-hydroxylation sites is 1. The van der Waals surface area contributed by atoms with Gasteiger partial charge >= 0.3 is 0 Å². The van der Waals surface area contributed by atoms with Crippen LogP contribution in [0.2, 0.25) is 0 Å². The lowest BCUT2D eigenvalue weighted by atomic mass is 10.1. The first-order chi connectivity index (χ1) is 13.7. The van der Waals surface area contributed by atoms with Crippen LogP contribution in [0.25, 0.3) is 21.3 Å².